The van der Waals surface area contributed by atoms with Crippen molar-refractivity contribution in [3.8, 4) is 0 Å². The summed E-state index contributed by atoms with van der Waals surface area (Å²) in [6, 6.07) is 8.48. The van der Waals surface area contributed by atoms with Crippen molar-refractivity contribution < 1.29 is 0 Å². The number of nitrogens with zero attached hydrogens (tertiary/aromatic N) is 1. The molecule has 0 aliphatic rings. The smallest absolute Gasteiger partial charge is 0.104 e. The molecule has 70 valence electrons. The van der Waals surface area contributed by atoms with Crippen LogP contribution in [0.25, 0.3) is 21.0 Å². The summed E-state index contributed by atoms with van der Waals surface area (Å²) < 4.78 is 3.34. The minimum Gasteiger partial charge on any atom is -0.385 e. The molecule has 0 bridgehead atoms. The van der Waals surface area contributed by atoms with Crippen molar-refractivity contribution in [2.75, 3.05) is 5.73 Å². The Kier molecular flexibility index (Phi) is 1.42. The van der Waals surface area contributed by atoms with Gasteiger partial charge in [0.2, 0.25) is 0 Å². The van der Waals surface area contributed by atoms with Crippen molar-refractivity contribution in [3.05, 3.63) is 29.6 Å². The van der Waals surface area contributed by atoms with Gasteiger partial charge in [-0.2, -0.15) is 0 Å². The molecule has 2 N–H and O–H groups in total. The molecule has 3 rings (SSSR count). The van der Waals surface area contributed by atoms with Crippen LogP contribution in [0.15, 0.2) is 29.6 Å². The summed E-state index contributed by atoms with van der Waals surface area (Å²) in [5, 5.41) is 4.68. The molecule has 3 aromatic rings. The highest BCUT2D eigenvalue weighted by molar-refractivity contribution is 7.17. The van der Waals surface area contributed by atoms with Crippen LogP contribution in [0.5, 0.6) is 0 Å². The van der Waals surface area contributed by atoms with Gasteiger partial charge < -0.3 is 10.3 Å². The number of aromatic nitrogens is 1. The molecule has 0 saturated carbocycles. The Hall–Kier alpha value is -1.48. The molecule has 1 aromatic carbocycles. The van der Waals surface area contributed by atoms with Crippen LogP contribution >= 0.6 is 11.3 Å². The Balaban J connectivity index is 2.63. The molecule has 2 nitrogen and oxygen atoms in total. The van der Waals surface area contributed by atoms with E-state index in [9.17, 15) is 0 Å². The Morgan fingerprint density at radius 2 is 2.07 bits per heavy atom. The molecule has 3 heteroatoms. The maximum atomic E-state index is 5.88. The molecule has 14 heavy (non-hydrogen) atoms. The molecule has 2 aromatic heterocycles. The average Bonchev–Trinajstić information content (AvgIpc) is 2.73. The van der Waals surface area contributed by atoms with Gasteiger partial charge in [0, 0.05) is 22.5 Å². The maximum absolute atomic E-state index is 5.88. The number of aryl methyl sites for hydroxylation is 1. The second-order valence-electron chi connectivity index (χ2n) is 3.46. The van der Waals surface area contributed by atoms with Crippen molar-refractivity contribution >= 4 is 38.1 Å². The number of rotatable bonds is 0. The summed E-state index contributed by atoms with van der Waals surface area (Å²) in [4.78, 5) is 0. The summed E-state index contributed by atoms with van der Waals surface area (Å²) >= 11 is 1.77. The van der Waals surface area contributed by atoms with Crippen LogP contribution in [0.3, 0.4) is 0 Å². The van der Waals surface area contributed by atoms with Crippen molar-refractivity contribution in [2.24, 2.45) is 7.05 Å². The number of thiophene rings is 1. The minimum absolute atomic E-state index is 0.818. The number of benzene rings is 1. The van der Waals surface area contributed by atoms with Crippen LogP contribution in [0.2, 0.25) is 0 Å². The first-order valence-corrected chi connectivity index (χ1v) is 5.36. The van der Waals surface area contributed by atoms with Gasteiger partial charge in [-0.25, -0.2) is 0 Å². The van der Waals surface area contributed by atoms with Gasteiger partial charge >= 0.3 is 0 Å². The van der Waals surface area contributed by atoms with Gasteiger partial charge in [0.15, 0.2) is 0 Å². The standard InChI is InChI=1S/C11H10N2S/c1-13-9-2-3-10-7(4-5-14-10)8(9)6-11(13)12/h2-6H,12H2,1H3. The Labute approximate surface area is 85.6 Å². The zero-order valence-corrected chi connectivity index (χ0v) is 8.64. The van der Waals surface area contributed by atoms with Gasteiger partial charge in [-0.05, 0) is 29.6 Å². The van der Waals surface area contributed by atoms with E-state index in [1.807, 2.05) is 17.7 Å². The highest BCUT2D eigenvalue weighted by atomic mass is 32.1. The lowest BCUT2D eigenvalue weighted by atomic mass is 10.2. The molecule has 0 unspecified atom stereocenters. The summed E-state index contributed by atoms with van der Waals surface area (Å²) in [5.41, 5.74) is 7.08. The number of hydrogen-bond donors (Lipinski definition) is 1. The second kappa shape index (κ2) is 2.51. The third-order valence-corrected chi connectivity index (χ3v) is 3.58. The summed E-state index contributed by atoms with van der Waals surface area (Å²) in [6.45, 7) is 0. The van der Waals surface area contributed by atoms with Crippen LogP contribution in [0, 0.1) is 0 Å². The first-order chi connectivity index (χ1) is 6.77. The SMILES string of the molecule is Cn1c(N)cc2c3ccsc3ccc21. The zero-order chi connectivity index (χ0) is 9.71. The lowest BCUT2D eigenvalue weighted by molar-refractivity contribution is 0.983. The monoisotopic (exact) mass is 202 g/mol. The lowest BCUT2D eigenvalue weighted by Gasteiger charge is -1.98. The number of hydrogen-bond acceptors (Lipinski definition) is 2. The molecule has 0 spiro atoms. The van der Waals surface area contributed by atoms with Crippen LogP contribution in [-0.2, 0) is 7.05 Å². The fourth-order valence-corrected chi connectivity index (χ4v) is 2.69. The van der Waals surface area contributed by atoms with Gasteiger partial charge in [0.05, 0.1) is 5.52 Å². The zero-order valence-electron chi connectivity index (χ0n) is 7.82. The second-order valence-corrected chi connectivity index (χ2v) is 4.41. The predicted octanol–water partition coefficient (Wildman–Crippen LogP) is 2.98. The van der Waals surface area contributed by atoms with E-state index in [1.54, 1.807) is 11.3 Å². The maximum Gasteiger partial charge on any atom is 0.104 e. The molecule has 0 fully saturated rings. The Morgan fingerprint density at radius 1 is 1.21 bits per heavy atom. The topological polar surface area (TPSA) is 30.9 Å². The van der Waals surface area contributed by atoms with E-state index in [4.69, 9.17) is 5.73 Å². The van der Waals surface area contributed by atoms with Crippen LogP contribution < -0.4 is 5.73 Å². The van der Waals surface area contributed by atoms with E-state index in [-0.39, 0.29) is 0 Å². The predicted molar refractivity (Wildman–Crippen MR) is 62.7 cm³/mol. The number of fused-ring (bicyclic) bond motifs is 3. The molecule has 0 amide bonds. The average molecular weight is 202 g/mol. The van der Waals surface area contributed by atoms with E-state index in [0.29, 0.717) is 0 Å². The highest BCUT2D eigenvalue weighted by Gasteiger charge is 2.06. The van der Waals surface area contributed by atoms with Crippen LogP contribution in [0.4, 0.5) is 5.82 Å². The quantitative estimate of drug-likeness (QED) is 0.597. The van der Waals surface area contributed by atoms with E-state index in [0.717, 1.165) is 5.82 Å². The third kappa shape index (κ3) is 0.849. The van der Waals surface area contributed by atoms with Gasteiger partial charge in [0.1, 0.15) is 5.82 Å². The number of nitrogen functional groups attached to an aromatic ring is 1. The van der Waals surface area contributed by atoms with E-state index >= 15 is 0 Å². The van der Waals surface area contributed by atoms with Crippen molar-refractivity contribution in [1.29, 1.82) is 0 Å². The number of anilines is 1. The molecule has 0 atom stereocenters. The molecule has 0 aliphatic carbocycles. The fraction of sp³-hybridized carbons (Fsp3) is 0.0909. The molecular weight excluding hydrogens is 192 g/mol. The van der Waals surface area contributed by atoms with E-state index in [1.165, 1.54) is 21.0 Å². The normalized spacial score (nSPS) is 11.5. The largest absolute Gasteiger partial charge is 0.385 e. The Bertz CT molecular complexity index is 619. The van der Waals surface area contributed by atoms with Crippen LogP contribution in [0.1, 0.15) is 0 Å². The van der Waals surface area contributed by atoms with E-state index < -0.39 is 0 Å². The van der Waals surface area contributed by atoms with Gasteiger partial charge in [-0.3, -0.25) is 0 Å². The van der Waals surface area contributed by atoms with Gasteiger partial charge in [-0.1, -0.05) is 0 Å². The Morgan fingerprint density at radius 3 is 2.93 bits per heavy atom. The lowest BCUT2D eigenvalue weighted by Crippen LogP contribution is -1.94. The van der Waals surface area contributed by atoms with Crippen molar-refractivity contribution in [3.63, 3.8) is 0 Å². The first-order valence-electron chi connectivity index (χ1n) is 4.48. The summed E-state index contributed by atoms with van der Waals surface area (Å²) in [7, 11) is 2.00. The fourth-order valence-electron chi connectivity index (χ4n) is 1.88. The summed E-state index contributed by atoms with van der Waals surface area (Å²) in [6.07, 6.45) is 0. The highest BCUT2D eigenvalue weighted by Crippen LogP contribution is 2.31. The van der Waals surface area contributed by atoms with Gasteiger partial charge in [-0.15, -0.1) is 11.3 Å². The van der Waals surface area contributed by atoms with Crippen LogP contribution in [-0.4, -0.2) is 4.57 Å². The van der Waals surface area contributed by atoms with Crippen molar-refractivity contribution in [1.82, 2.24) is 4.57 Å². The first kappa shape index (κ1) is 7.88. The third-order valence-electron chi connectivity index (χ3n) is 2.69. The minimum atomic E-state index is 0.818. The molecular formula is C11H10N2S. The molecule has 2 heterocycles. The van der Waals surface area contributed by atoms with Gasteiger partial charge in [0.25, 0.3) is 0 Å². The number of nitrogens with two attached hydrogens (primary N) is 1. The van der Waals surface area contributed by atoms with E-state index in [2.05, 4.69) is 23.6 Å². The molecule has 0 aliphatic heterocycles. The summed E-state index contributed by atoms with van der Waals surface area (Å²) in [5.74, 6) is 0.818. The van der Waals surface area contributed by atoms with Crippen molar-refractivity contribution in [2.45, 2.75) is 0 Å². The molecule has 0 radical (unpaired) electrons. The molecule has 0 saturated heterocycles.